The SMILES string of the molecule is Cc1cc(C(=O)NC(C)(C)C)cc(-c2ccc3[nH]c(CN4C[C@H](O)C[C@@H]4CO)cc3c2)c1. The first-order chi connectivity index (χ1) is 15.1. The Morgan fingerprint density at radius 3 is 2.66 bits per heavy atom. The van der Waals surface area contributed by atoms with Crippen LogP contribution in [0.2, 0.25) is 0 Å². The summed E-state index contributed by atoms with van der Waals surface area (Å²) in [5.74, 6) is -0.0707. The van der Waals surface area contributed by atoms with Crippen molar-refractivity contribution < 1.29 is 15.0 Å². The summed E-state index contributed by atoms with van der Waals surface area (Å²) >= 11 is 0. The van der Waals surface area contributed by atoms with Gasteiger partial charge in [0, 0.05) is 46.8 Å². The highest BCUT2D eigenvalue weighted by Crippen LogP contribution is 2.28. The van der Waals surface area contributed by atoms with E-state index in [2.05, 4.69) is 45.5 Å². The predicted octanol–water partition coefficient (Wildman–Crippen LogP) is 3.60. The molecule has 32 heavy (non-hydrogen) atoms. The van der Waals surface area contributed by atoms with Gasteiger partial charge in [-0.25, -0.2) is 0 Å². The molecular weight excluding hydrogens is 402 g/mol. The summed E-state index contributed by atoms with van der Waals surface area (Å²) in [7, 11) is 0. The van der Waals surface area contributed by atoms with Gasteiger partial charge in [0.25, 0.3) is 5.91 Å². The highest BCUT2D eigenvalue weighted by molar-refractivity contribution is 5.96. The van der Waals surface area contributed by atoms with E-state index in [9.17, 15) is 15.0 Å². The van der Waals surface area contributed by atoms with Gasteiger partial charge in [-0.3, -0.25) is 9.69 Å². The van der Waals surface area contributed by atoms with E-state index in [-0.39, 0.29) is 30.2 Å². The molecule has 1 aromatic heterocycles. The van der Waals surface area contributed by atoms with Crippen molar-refractivity contribution in [2.24, 2.45) is 0 Å². The number of rotatable bonds is 5. The van der Waals surface area contributed by atoms with Crippen LogP contribution in [0.4, 0.5) is 0 Å². The summed E-state index contributed by atoms with van der Waals surface area (Å²) < 4.78 is 0. The number of fused-ring (bicyclic) bond motifs is 1. The zero-order valence-corrected chi connectivity index (χ0v) is 19.3. The van der Waals surface area contributed by atoms with Crippen LogP contribution in [-0.4, -0.2) is 56.8 Å². The Morgan fingerprint density at radius 1 is 1.16 bits per heavy atom. The number of nitrogens with one attached hydrogen (secondary N) is 2. The summed E-state index contributed by atoms with van der Waals surface area (Å²) in [6.07, 6.45) is 0.230. The second kappa shape index (κ2) is 8.70. The quantitative estimate of drug-likeness (QED) is 0.493. The number of benzene rings is 2. The lowest BCUT2D eigenvalue weighted by atomic mass is 9.98. The number of hydrogen-bond acceptors (Lipinski definition) is 4. The molecule has 0 radical (unpaired) electrons. The van der Waals surface area contributed by atoms with Gasteiger partial charge >= 0.3 is 0 Å². The molecule has 1 aliphatic heterocycles. The molecule has 2 atom stereocenters. The van der Waals surface area contributed by atoms with Crippen molar-refractivity contribution in [3.8, 4) is 11.1 Å². The van der Waals surface area contributed by atoms with Gasteiger partial charge in [0.15, 0.2) is 0 Å². The number of β-amino-alcohol motifs (C(OH)–C–C–N with tert-alkyl or cyclic N) is 1. The van der Waals surface area contributed by atoms with Crippen molar-refractivity contribution in [1.82, 2.24) is 15.2 Å². The minimum Gasteiger partial charge on any atom is -0.395 e. The number of likely N-dealkylation sites (tertiary alicyclic amines) is 1. The van der Waals surface area contributed by atoms with Crippen molar-refractivity contribution >= 4 is 16.8 Å². The second-order valence-corrected chi connectivity index (χ2v) is 10.0. The number of hydrogen-bond donors (Lipinski definition) is 4. The first-order valence-corrected chi connectivity index (χ1v) is 11.2. The Bertz CT molecular complexity index is 1130. The fourth-order valence-corrected chi connectivity index (χ4v) is 4.51. The molecule has 4 N–H and O–H groups in total. The average molecular weight is 436 g/mol. The Morgan fingerprint density at radius 2 is 1.94 bits per heavy atom. The lowest BCUT2D eigenvalue weighted by Gasteiger charge is -2.21. The molecule has 0 bridgehead atoms. The minimum absolute atomic E-state index is 0.00284. The van der Waals surface area contributed by atoms with Crippen LogP contribution in [-0.2, 0) is 6.54 Å². The Balaban J connectivity index is 1.60. The maximum atomic E-state index is 12.7. The lowest BCUT2D eigenvalue weighted by molar-refractivity contribution is 0.0919. The molecule has 2 heterocycles. The molecule has 0 saturated carbocycles. The van der Waals surface area contributed by atoms with Crippen LogP contribution in [0, 0.1) is 6.92 Å². The minimum atomic E-state index is -0.380. The molecule has 0 spiro atoms. The van der Waals surface area contributed by atoms with E-state index in [0.29, 0.717) is 25.1 Å². The summed E-state index contributed by atoms with van der Waals surface area (Å²) in [6, 6.07) is 14.3. The molecule has 1 fully saturated rings. The highest BCUT2D eigenvalue weighted by atomic mass is 16.3. The monoisotopic (exact) mass is 435 g/mol. The predicted molar refractivity (Wildman–Crippen MR) is 128 cm³/mol. The van der Waals surface area contributed by atoms with Crippen LogP contribution >= 0.6 is 0 Å². The first-order valence-electron chi connectivity index (χ1n) is 11.2. The van der Waals surface area contributed by atoms with E-state index in [1.54, 1.807) is 0 Å². The van der Waals surface area contributed by atoms with Crippen molar-refractivity contribution in [3.05, 3.63) is 59.3 Å². The van der Waals surface area contributed by atoms with Crippen LogP contribution in [0.5, 0.6) is 0 Å². The Kier molecular flexibility index (Phi) is 6.12. The highest BCUT2D eigenvalue weighted by Gasteiger charge is 2.30. The van der Waals surface area contributed by atoms with Crippen molar-refractivity contribution in [2.75, 3.05) is 13.2 Å². The van der Waals surface area contributed by atoms with Crippen molar-refractivity contribution in [3.63, 3.8) is 0 Å². The normalized spacial score (nSPS) is 19.6. The number of aliphatic hydroxyl groups excluding tert-OH is 2. The fourth-order valence-electron chi connectivity index (χ4n) is 4.51. The molecule has 3 aromatic rings. The van der Waals surface area contributed by atoms with Gasteiger partial charge < -0.3 is 20.5 Å². The molecular formula is C26H33N3O3. The molecule has 2 aromatic carbocycles. The van der Waals surface area contributed by atoms with Gasteiger partial charge in [0.05, 0.1) is 12.7 Å². The van der Waals surface area contributed by atoms with Crippen LogP contribution in [0.25, 0.3) is 22.0 Å². The molecule has 1 aliphatic rings. The van der Waals surface area contributed by atoms with E-state index in [4.69, 9.17) is 0 Å². The number of aromatic nitrogens is 1. The largest absolute Gasteiger partial charge is 0.395 e. The van der Waals surface area contributed by atoms with Gasteiger partial charge in [-0.2, -0.15) is 0 Å². The maximum Gasteiger partial charge on any atom is 0.251 e. The average Bonchev–Trinajstić information content (AvgIpc) is 3.27. The van der Waals surface area contributed by atoms with E-state index in [1.165, 1.54) is 0 Å². The van der Waals surface area contributed by atoms with Crippen molar-refractivity contribution in [1.29, 1.82) is 0 Å². The van der Waals surface area contributed by atoms with Gasteiger partial charge in [-0.15, -0.1) is 0 Å². The number of amides is 1. The molecule has 6 heteroatoms. The molecule has 0 aliphatic carbocycles. The number of H-pyrrole nitrogens is 1. The molecule has 170 valence electrons. The molecule has 1 amide bonds. The second-order valence-electron chi connectivity index (χ2n) is 10.0. The van der Waals surface area contributed by atoms with Crippen LogP contribution in [0.3, 0.4) is 0 Å². The zero-order chi connectivity index (χ0) is 23.0. The molecule has 6 nitrogen and oxygen atoms in total. The summed E-state index contributed by atoms with van der Waals surface area (Å²) in [4.78, 5) is 18.3. The lowest BCUT2D eigenvalue weighted by Crippen LogP contribution is -2.40. The molecule has 0 unspecified atom stereocenters. The van der Waals surface area contributed by atoms with E-state index >= 15 is 0 Å². The smallest absolute Gasteiger partial charge is 0.251 e. The van der Waals surface area contributed by atoms with Gasteiger partial charge in [-0.1, -0.05) is 12.1 Å². The van der Waals surface area contributed by atoms with Crippen LogP contribution in [0.1, 0.15) is 48.8 Å². The fraction of sp³-hybridized carbons (Fsp3) is 0.423. The van der Waals surface area contributed by atoms with Crippen LogP contribution in [0.15, 0.2) is 42.5 Å². The topological polar surface area (TPSA) is 88.6 Å². The number of aliphatic hydroxyl groups is 2. The number of carbonyl (C=O) groups excluding carboxylic acids is 1. The standard InChI is InChI=1S/C26H33N3O3/c1-16-7-18(10-20(8-16)25(32)28-26(2,3)4)17-5-6-24-19(9-17)11-21(27-24)13-29-14-23(31)12-22(29)15-30/h5-11,22-23,27,30-31H,12-15H2,1-4H3,(H,28,32)/t22-,23-/m1/s1. The third-order valence-electron chi connectivity index (χ3n) is 5.93. The van der Waals surface area contributed by atoms with Crippen molar-refractivity contribution in [2.45, 2.75) is 58.3 Å². The summed E-state index contributed by atoms with van der Waals surface area (Å²) in [5.41, 5.74) is 5.58. The third-order valence-corrected chi connectivity index (χ3v) is 5.93. The number of carbonyl (C=O) groups is 1. The Labute approximate surface area is 189 Å². The van der Waals surface area contributed by atoms with E-state index in [0.717, 1.165) is 33.3 Å². The number of aryl methyl sites for hydroxylation is 1. The maximum absolute atomic E-state index is 12.7. The number of aromatic amines is 1. The van der Waals surface area contributed by atoms with Gasteiger partial charge in [-0.05, 0) is 81.1 Å². The van der Waals surface area contributed by atoms with E-state index in [1.807, 2.05) is 39.8 Å². The van der Waals surface area contributed by atoms with E-state index < -0.39 is 0 Å². The first kappa shape index (κ1) is 22.5. The number of nitrogens with zero attached hydrogens (tertiary/aromatic N) is 1. The summed E-state index contributed by atoms with van der Waals surface area (Å²) in [6.45, 7) is 9.23. The molecule has 4 rings (SSSR count). The Hall–Kier alpha value is -2.67. The van der Waals surface area contributed by atoms with Gasteiger partial charge in [0.1, 0.15) is 0 Å². The van der Waals surface area contributed by atoms with Crippen LogP contribution < -0.4 is 5.32 Å². The summed E-state index contributed by atoms with van der Waals surface area (Å²) in [5, 5.41) is 23.7. The zero-order valence-electron chi connectivity index (χ0n) is 19.3. The molecule has 1 saturated heterocycles. The third kappa shape index (κ3) is 5.04. The van der Waals surface area contributed by atoms with Gasteiger partial charge in [0.2, 0.25) is 0 Å².